The lowest BCUT2D eigenvalue weighted by Gasteiger charge is -2.36. The molecule has 0 fully saturated rings. The predicted molar refractivity (Wildman–Crippen MR) is 148 cm³/mol. The summed E-state index contributed by atoms with van der Waals surface area (Å²) in [4.78, 5) is 25.2. The Morgan fingerprint density at radius 3 is 1.73 bits per heavy atom. The number of rotatable bonds is 7. The zero-order valence-electron chi connectivity index (χ0n) is 21.0. The number of hydrogen-bond donors (Lipinski definition) is 3. The molecule has 3 N–H and O–H groups in total. The summed E-state index contributed by atoms with van der Waals surface area (Å²) in [5.41, 5.74) is 2.14. The molecule has 0 aliphatic carbocycles. The minimum absolute atomic E-state index is 0.0232. The number of fused-ring (bicyclic) bond motifs is 1. The molecule has 3 aromatic rings. The third kappa shape index (κ3) is 4.05. The maximum atomic E-state index is 13.5. The first-order chi connectivity index (χ1) is 17.6. The van der Waals surface area contributed by atoms with Crippen LogP contribution in [0.5, 0.6) is 11.5 Å². The Morgan fingerprint density at radius 2 is 1.32 bits per heavy atom. The zero-order chi connectivity index (χ0) is 27.2. The molecule has 0 saturated carbocycles. The number of carbonyl (C=O) groups is 2. The second kappa shape index (κ2) is 10.1. The van der Waals surface area contributed by atoms with E-state index in [1.54, 1.807) is 6.07 Å². The van der Waals surface area contributed by atoms with E-state index in [2.05, 4.69) is 31.9 Å². The summed E-state index contributed by atoms with van der Waals surface area (Å²) in [6, 6.07) is 7.98. The number of phenols is 2. The minimum Gasteiger partial charge on any atom is -0.507 e. The van der Waals surface area contributed by atoms with Crippen molar-refractivity contribution in [3.05, 3.63) is 89.3 Å². The van der Waals surface area contributed by atoms with Gasteiger partial charge in [0.2, 0.25) is 0 Å². The van der Waals surface area contributed by atoms with E-state index >= 15 is 0 Å². The molecule has 0 saturated heterocycles. The van der Waals surface area contributed by atoms with Crippen molar-refractivity contribution >= 4 is 43.8 Å². The van der Waals surface area contributed by atoms with Gasteiger partial charge in [0.25, 0.3) is 0 Å². The molecule has 1 aliphatic rings. The largest absolute Gasteiger partial charge is 0.507 e. The molecule has 37 heavy (non-hydrogen) atoms. The molecule has 194 valence electrons. The number of halogens is 2. The van der Waals surface area contributed by atoms with Gasteiger partial charge in [-0.1, -0.05) is 65.6 Å². The highest BCUT2D eigenvalue weighted by Crippen LogP contribution is 2.57. The number of aromatic hydroxyl groups is 2. The van der Waals surface area contributed by atoms with Crippen LogP contribution < -0.4 is 0 Å². The Balaban J connectivity index is 2.31. The third-order valence-electron chi connectivity index (χ3n) is 7.15. The molecule has 4 rings (SSSR count). The normalized spacial score (nSPS) is 13.9. The number of carbonyl (C=O) groups excluding carboxylic acids is 1. The van der Waals surface area contributed by atoms with Crippen molar-refractivity contribution in [1.29, 1.82) is 0 Å². The zero-order valence-corrected chi connectivity index (χ0v) is 24.2. The molecule has 1 heterocycles. The number of hydrogen-bond acceptors (Lipinski definition) is 5. The topological polar surface area (TPSA) is 104 Å². The summed E-state index contributed by atoms with van der Waals surface area (Å²) in [6.07, 6.45) is 2.02. The minimum atomic E-state index is -1.71. The molecule has 0 spiro atoms. The first-order valence-electron chi connectivity index (χ1n) is 12.3. The van der Waals surface area contributed by atoms with Crippen LogP contribution in [0.3, 0.4) is 0 Å². The number of aryl methyl sites for hydroxylation is 2. The van der Waals surface area contributed by atoms with Crippen molar-refractivity contribution in [2.24, 2.45) is 0 Å². The van der Waals surface area contributed by atoms with Gasteiger partial charge in [-0.2, -0.15) is 0 Å². The first-order valence-corrected chi connectivity index (χ1v) is 13.8. The first kappa shape index (κ1) is 27.2. The number of esters is 1. The number of aromatic carboxylic acids is 1. The van der Waals surface area contributed by atoms with Gasteiger partial charge in [-0.25, -0.2) is 9.59 Å². The van der Waals surface area contributed by atoms with E-state index in [0.29, 0.717) is 53.5 Å². The van der Waals surface area contributed by atoms with Gasteiger partial charge in [-0.15, -0.1) is 0 Å². The summed E-state index contributed by atoms with van der Waals surface area (Å²) in [5, 5.41) is 33.0. The smallest absolute Gasteiger partial charge is 0.340 e. The van der Waals surface area contributed by atoms with E-state index in [4.69, 9.17) is 4.74 Å². The van der Waals surface area contributed by atoms with Gasteiger partial charge in [0.15, 0.2) is 5.60 Å². The lowest BCUT2D eigenvalue weighted by Crippen LogP contribution is -2.33. The predicted octanol–water partition coefficient (Wildman–Crippen LogP) is 7.03. The molecule has 6 nitrogen and oxygen atoms in total. The Bertz CT molecular complexity index is 1380. The van der Waals surface area contributed by atoms with E-state index in [-0.39, 0.29) is 22.6 Å². The molecule has 0 atom stereocenters. The Hall–Kier alpha value is -2.84. The van der Waals surface area contributed by atoms with Gasteiger partial charge in [-0.05, 0) is 72.2 Å². The summed E-state index contributed by atoms with van der Waals surface area (Å²) >= 11 is 7.32. The molecule has 0 amide bonds. The monoisotopic (exact) mass is 630 g/mol. The van der Waals surface area contributed by atoms with Crippen LogP contribution in [-0.2, 0) is 36.0 Å². The second-order valence-corrected chi connectivity index (χ2v) is 10.7. The average molecular weight is 632 g/mol. The Kier molecular flexibility index (Phi) is 7.45. The van der Waals surface area contributed by atoms with Crippen molar-refractivity contribution < 1.29 is 29.6 Å². The molecular formula is C29H28Br2O6. The molecule has 8 heteroatoms. The van der Waals surface area contributed by atoms with Crippen molar-refractivity contribution in [3.63, 3.8) is 0 Å². The van der Waals surface area contributed by atoms with Crippen LogP contribution in [0.4, 0.5) is 0 Å². The number of carboxylic acids is 1. The summed E-state index contributed by atoms with van der Waals surface area (Å²) < 4.78 is 7.78. The fourth-order valence-corrected chi connectivity index (χ4v) is 6.86. The van der Waals surface area contributed by atoms with Crippen LogP contribution in [0.1, 0.15) is 87.4 Å². The van der Waals surface area contributed by atoms with Crippen LogP contribution in [0.2, 0.25) is 0 Å². The van der Waals surface area contributed by atoms with Gasteiger partial charge in [-0.3, -0.25) is 0 Å². The molecule has 1 aliphatic heterocycles. The lowest BCUT2D eigenvalue weighted by molar-refractivity contribution is 0.0233. The van der Waals surface area contributed by atoms with Gasteiger partial charge in [0, 0.05) is 14.5 Å². The highest BCUT2D eigenvalue weighted by Gasteiger charge is 2.54. The van der Waals surface area contributed by atoms with Gasteiger partial charge < -0.3 is 20.1 Å². The van der Waals surface area contributed by atoms with Gasteiger partial charge in [0.05, 0.1) is 22.3 Å². The summed E-state index contributed by atoms with van der Waals surface area (Å²) in [6.45, 7) is 7.71. The van der Waals surface area contributed by atoms with Crippen LogP contribution in [0.25, 0.3) is 0 Å². The lowest BCUT2D eigenvalue weighted by atomic mass is 9.73. The number of benzene rings is 3. The fourth-order valence-electron chi connectivity index (χ4n) is 5.35. The van der Waals surface area contributed by atoms with Crippen molar-refractivity contribution in [2.45, 2.75) is 59.0 Å². The summed E-state index contributed by atoms with van der Waals surface area (Å²) in [5.74, 6) is -1.94. The highest BCUT2D eigenvalue weighted by molar-refractivity contribution is 9.10. The van der Waals surface area contributed by atoms with Crippen molar-refractivity contribution in [2.75, 3.05) is 0 Å². The SMILES string of the molecule is CCc1cc(Br)c(CC)c(C2(c3c(O)c(CC)cc(Br)c3CC)OC(=O)c3cc(C(=O)O)ccc32)c1O. The Labute approximate surface area is 232 Å². The Morgan fingerprint density at radius 1 is 0.838 bits per heavy atom. The van der Waals surface area contributed by atoms with Crippen LogP contribution in [-0.4, -0.2) is 27.3 Å². The van der Waals surface area contributed by atoms with E-state index in [1.807, 2.05) is 39.8 Å². The van der Waals surface area contributed by atoms with E-state index in [9.17, 15) is 24.9 Å². The highest BCUT2D eigenvalue weighted by atomic mass is 79.9. The van der Waals surface area contributed by atoms with E-state index < -0.39 is 17.5 Å². The van der Waals surface area contributed by atoms with Gasteiger partial charge >= 0.3 is 11.9 Å². The summed E-state index contributed by atoms with van der Waals surface area (Å²) in [7, 11) is 0. The molecule has 0 bridgehead atoms. The maximum absolute atomic E-state index is 13.5. The molecular weight excluding hydrogens is 604 g/mol. The number of phenolic OH excluding ortho intramolecular Hbond substituents is 2. The third-order valence-corrected chi connectivity index (χ3v) is 8.56. The molecule has 3 aromatic carbocycles. The van der Waals surface area contributed by atoms with Crippen LogP contribution in [0, 0.1) is 0 Å². The standard InChI is InChI=1S/C29H28Br2O6/c1-5-14-12-21(30)17(7-3)23(25(14)32)29(24-18(8-4)22(31)13-15(6-2)26(24)33)20-10-9-16(27(34)35)11-19(20)28(36)37-29/h9-13,32-33H,5-8H2,1-4H3,(H,34,35). The number of ether oxygens (including phenoxy) is 1. The molecule has 0 unspecified atom stereocenters. The van der Waals surface area contributed by atoms with Crippen LogP contribution in [0.15, 0.2) is 39.3 Å². The second-order valence-electron chi connectivity index (χ2n) is 8.99. The van der Waals surface area contributed by atoms with E-state index in [1.165, 1.54) is 12.1 Å². The molecule has 0 aromatic heterocycles. The molecule has 0 radical (unpaired) electrons. The number of carboxylic acid groups (broad SMARTS) is 1. The van der Waals surface area contributed by atoms with E-state index in [0.717, 1.165) is 20.1 Å². The fraction of sp³-hybridized carbons (Fsp3) is 0.310. The average Bonchev–Trinajstić information content (AvgIpc) is 3.17. The van der Waals surface area contributed by atoms with Crippen LogP contribution >= 0.6 is 31.9 Å². The number of cyclic esters (lactones) is 1. The quantitative estimate of drug-likeness (QED) is 0.242. The van der Waals surface area contributed by atoms with Gasteiger partial charge in [0.1, 0.15) is 11.5 Å². The maximum Gasteiger partial charge on any atom is 0.340 e. The van der Waals surface area contributed by atoms with Crippen molar-refractivity contribution in [1.82, 2.24) is 0 Å². The van der Waals surface area contributed by atoms with Crippen molar-refractivity contribution in [3.8, 4) is 11.5 Å².